The number of sulfonamides is 1. The number of benzene rings is 2. The van der Waals surface area contributed by atoms with E-state index in [0.717, 1.165) is 6.07 Å². The van der Waals surface area contributed by atoms with Crippen LogP contribution in [0.2, 0.25) is 0 Å². The van der Waals surface area contributed by atoms with Crippen LogP contribution >= 0.6 is 0 Å². The highest BCUT2D eigenvalue weighted by atomic mass is 32.2. The lowest BCUT2D eigenvalue weighted by Crippen LogP contribution is -2.27. The Morgan fingerprint density at radius 2 is 1.60 bits per heavy atom. The Balaban J connectivity index is 2.33. The number of ether oxygens (including phenoxy) is 3. The molecule has 2 rings (SSSR count). The largest absolute Gasteiger partial charge is 0.497 e. The summed E-state index contributed by atoms with van der Waals surface area (Å²) < 4.78 is 56.6. The molecule has 6 nitrogen and oxygen atoms in total. The van der Waals surface area contributed by atoms with Crippen molar-refractivity contribution >= 4 is 10.0 Å². The van der Waals surface area contributed by atoms with Gasteiger partial charge in [-0.25, -0.2) is 17.5 Å². The minimum absolute atomic E-state index is 0.0264. The average molecular weight is 369 g/mol. The van der Waals surface area contributed by atoms with E-state index in [1.54, 1.807) is 25.1 Å². The number of halogens is 1. The summed E-state index contributed by atoms with van der Waals surface area (Å²) >= 11 is 0. The molecule has 8 heteroatoms. The molecule has 0 aromatic heterocycles. The molecule has 0 heterocycles. The van der Waals surface area contributed by atoms with Crippen molar-refractivity contribution in [2.75, 3.05) is 21.3 Å². The summed E-state index contributed by atoms with van der Waals surface area (Å²) in [6, 6.07) is 7.91. The number of hydrogen-bond donors (Lipinski definition) is 1. The van der Waals surface area contributed by atoms with Crippen LogP contribution in [0.5, 0.6) is 17.2 Å². The van der Waals surface area contributed by atoms with Gasteiger partial charge in [-0.15, -0.1) is 0 Å². The van der Waals surface area contributed by atoms with E-state index in [0.29, 0.717) is 17.1 Å². The van der Waals surface area contributed by atoms with Crippen LogP contribution in [0.1, 0.15) is 18.5 Å². The van der Waals surface area contributed by atoms with Gasteiger partial charge in [0.15, 0.2) is 11.6 Å². The van der Waals surface area contributed by atoms with Gasteiger partial charge < -0.3 is 14.2 Å². The van der Waals surface area contributed by atoms with Gasteiger partial charge >= 0.3 is 0 Å². The molecule has 0 unspecified atom stereocenters. The monoisotopic (exact) mass is 369 g/mol. The third kappa shape index (κ3) is 4.21. The molecule has 25 heavy (non-hydrogen) atoms. The predicted molar refractivity (Wildman–Crippen MR) is 91.2 cm³/mol. The maximum atomic E-state index is 13.8. The smallest absolute Gasteiger partial charge is 0.241 e. The van der Waals surface area contributed by atoms with Crippen LogP contribution in [0.25, 0.3) is 0 Å². The Labute approximate surface area is 146 Å². The lowest BCUT2D eigenvalue weighted by Gasteiger charge is -2.18. The summed E-state index contributed by atoms with van der Waals surface area (Å²) in [7, 11) is 0.372. The van der Waals surface area contributed by atoms with Gasteiger partial charge in [-0.05, 0) is 43.3 Å². The highest BCUT2D eigenvalue weighted by molar-refractivity contribution is 7.89. The van der Waals surface area contributed by atoms with E-state index in [2.05, 4.69) is 4.72 Å². The summed E-state index contributed by atoms with van der Waals surface area (Å²) in [5, 5.41) is 0. The Hall–Kier alpha value is -2.32. The second-order valence-corrected chi connectivity index (χ2v) is 6.96. The molecular weight excluding hydrogens is 349 g/mol. The zero-order valence-corrected chi connectivity index (χ0v) is 15.2. The Morgan fingerprint density at radius 1 is 0.960 bits per heavy atom. The summed E-state index contributed by atoms with van der Waals surface area (Å²) in [6.45, 7) is 1.66. The van der Waals surface area contributed by atoms with Gasteiger partial charge in [0.25, 0.3) is 0 Å². The molecule has 0 aliphatic carbocycles. The van der Waals surface area contributed by atoms with E-state index in [4.69, 9.17) is 14.2 Å². The molecule has 2 aromatic rings. The molecule has 0 fully saturated rings. The van der Waals surface area contributed by atoms with Crippen molar-refractivity contribution in [1.82, 2.24) is 4.72 Å². The quantitative estimate of drug-likeness (QED) is 0.812. The zero-order valence-electron chi connectivity index (χ0n) is 14.4. The van der Waals surface area contributed by atoms with Gasteiger partial charge in [0.2, 0.25) is 10.0 Å². The van der Waals surface area contributed by atoms with E-state index in [1.807, 2.05) is 0 Å². The maximum Gasteiger partial charge on any atom is 0.241 e. The van der Waals surface area contributed by atoms with Crippen molar-refractivity contribution in [3.05, 3.63) is 47.8 Å². The molecule has 0 amide bonds. The van der Waals surface area contributed by atoms with Crippen LogP contribution in [-0.2, 0) is 10.0 Å². The lowest BCUT2D eigenvalue weighted by molar-refractivity contribution is 0.385. The fourth-order valence-electron chi connectivity index (χ4n) is 2.36. The summed E-state index contributed by atoms with van der Waals surface area (Å²) in [4.78, 5) is -0.195. The number of nitrogens with one attached hydrogen (secondary N) is 1. The van der Waals surface area contributed by atoms with E-state index < -0.39 is 21.9 Å². The van der Waals surface area contributed by atoms with Crippen LogP contribution in [0.3, 0.4) is 0 Å². The van der Waals surface area contributed by atoms with Crippen LogP contribution in [0, 0.1) is 5.82 Å². The van der Waals surface area contributed by atoms with Gasteiger partial charge in [0.1, 0.15) is 11.5 Å². The normalized spacial score (nSPS) is 12.5. The maximum absolute atomic E-state index is 13.8. The van der Waals surface area contributed by atoms with Gasteiger partial charge in [-0.1, -0.05) is 0 Å². The molecular formula is C17H20FNO5S. The minimum Gasteiger partial charge on any atom is -0.497 e. The van der Waals surface area contributed by atoms with Crippen molar-refractivity contribution in [2.24, 2.45) is 0 Å². The molecule has 136 valence electrons. The SMILES string of the molecule is COc1ccc(OC)c([C@H](C)NS(=O)(=O)c2ccc(OC)c(F)c2)c1. The Bertz CT molecular complexity index is 854. The first-order valence-electron chi connectivity index (χ1n) is 7.40. The van der Waals surface area contributed by atoms with Gasteiger partial charge in [-0.3, -0.25) is 0 Å². The summed E-state index contributed by atoms with van der Waals surface area (Å²) in [6.07, 6.45) is 0. The molecule has 0 saturated carbocycles. The first kappa shape index (κ1) is 19.0. The number of methoxy groups -OCH3 is 3. The lowest BCUT2D eigenvalue weighted by atomic mass is 10.1. The van der Waals surface area contributed by atoms with Crippen molar-refractivity contribution in [1.29, 1.82) is 0 Å². The molecule has 0 aliphatic rings. The van der Waals surface area contributed by atoms with E-state index in [1.165, 1.54) is 33.5 Å². The van der Waals surface area contributed by atoms with Crippen molar-refractivity contribution < 1.29 is 27.0 Å². The van der Waals surface area contributed by atoms with Gasteiger partial charge in [0.05, 0.1) is 26.2 Å². The third-order valence-electron chi connectivity index (χ3n) is 3.67. The van der Waals surface area contributed by atoms with E-state index in [-0.39, 0.29) is 10.6 Å². The van der Waals surface area contributed by atoms with Gasteiger partial charge in [0, 0.05) is 11.6 Å². The fourth-order valence-corrected chi connectivity index (χ4v) is 3.59. The zero-order chi connectivity index (χ0) is 18.6. The third-order valence-corrected chi connectivity index (χ3v) is 5.21. The molecule has 2 aromatic carbocycles. The molecule has 1 N–H and O–H groups in total. The molecule has 1 atom stereocenters. The van der Waals surface area contributed by atoms with Crippen molar-refractivity contribution in [3.8, 4) is 17.2 Å². The summed E-state index contributed by atoms with van der Waals surface area (Å²) in [5.74, 6) is 0.299. The van der Waals surface area contributed by atoms with E-state index >= 15 is 0 Å². The number of hydrogen-bond acceptors (Lipinski definition) is 5. The fraction of sp³-hybridized carbons (Fsp3) is 0.294. The standard InChI is InChI=1S/C17H20FNO5S/c1-11(14-9-12(22-2)5-7-16(14)23-3)19-25(20,21)13-6-8-17(24-4)15(18)10-13/h5-11,19H,1-4H3/t11-/m0/s1. The summed E-state index contributed by atoms with van der Waals surface area (Å²) in [5.41, 5.74) is 0.597. The topological polar surface area (TPSA) is 73.9 Å². The highest BCUT2D eigenvalue weighted by Crippen LogP contribution is 2.30. The minimum atomic E-state index is -3.94. The van der Waals surface area contributed by atoms with Crippen LogP contribution < -0.4 is 18.9 Å². The van der Waals surface area contributed by atoms with Crippen LogP contribution in [0.4, 0.5) is 4.39 Å². The second kappa shape index (κ2) is 7.71. The molecule has 0 saturated heterocycles. The first-order valence-corrected chi connectivity index (χ1v) is 8.88. The van der Waals surface area contributed by atoms with Crippen LogP contribution in [-0.4, -0.2) is 29.7 Å². The molecule has 0 aliphatic heterocycles. The Kier molecular flexibility index (Phi) is 5.86. The van der Waals surface area contributed by atoms with Crippen molar-refractivity contribution in [3.63, 3.8) is 0 Å². The first-order chi connectivity index (χ1) is 11.8. The highest BCUT2D eigenvalue weighted by Gasteiger charge is 2.22. The van der Waals surface area contributed by atoms with Crippen LogP contribution in [0.15, 0.2) is 41.3 Å². The molecule has 0 radical (unpaired) electrons. The molecule has 0 spiro atoms. The average Bonchev–Trinajstić information content (AvgIpc) is 2.60. The molecule has 0 bridgehead atoms. The van der Waals surface area contributed by atoms with Gasteiger partial charge in [-0.2, -0.15) is 0 Å². The van der Waals surface area contributed by atoms with Crippen molar-refractivity contribution in [2.45, 2.75) is 17.9 Å². The Morgan fingerprint density at radius 3 is 2.16 bits per heavy atom. The predicted octanol–water partition coefficient (Wildman–Crippen LogP) is 2.89. The second-order valence-electron chi connectivity index (χ2n) is 5.25. The van der Waals surface area contributed by atoms with E-state index in [9.17, 15) is 12.8 Å². The number of rotatable bonds is 7.